The van der Waals surface area contributed by atoms with Crippen LogP contribution in [-0.2, 0) is 14.3 Å². The largest absolute Gasteiger partial charge is 0.461 e. The van der Waals surface area contributed by atoms with Crippen LogP contribution in [0.3, 0.4) is 0 Å². The molecule has 104 valence electrons. The molecule has 5 heteroatoms. The molecule has 0 N–H and O–H groups in total. The molecule has 2 bridgehead atoms. The zero-order valence-corrected chi connectivity index (χ0v) is 12.3. The lowest BCUT2D eigenvalue weighted by molar-refractivity contribution is -0.148. The first-order valence-electron chi connectivity index (χ1n) is 7.32. The van der Waals surface area contributed by atoms with E-state index in [0.29, 0.717) is 5.92 Å². The van der Waals surface area contributed by atoms with Gasteiger partial charge in [0, 0.05) is 19.0 Å². The van der Waals surface area contributed by atoms with E-state index in [4.69, 9.17) is 4.74 Å². The topological polar surface area (TPSA) is 46.6 Å². The summed E-state index contributed by atoms with van der Waals surface area (Å²) in [6.45, 7) is 1.73. The van der Waals surface area contributed by atoms with Crippen molar-refractivity contribution in [3.63, 3.8) is 0 Å². The van der Waals surface area contributed by atoms with Crippen molar-refractivity contribution in [2.75, 3.05) is 13.1 Å². The molecule has 0 spiro atoms. The molecule has 1 amide bonds. The van der Waals surface area contributed by atoms with Crippen molar-refractivity contribution in [1.82, 2.24) is 4.90 Å². The number of alkyl halides is 1. The summed E-state index contributed by atoms with van der Waals surface area (Å²) >= 11 is 3.66. The van der Waals surface area contributed by atoms with Crippen LogP contribution in [0.2, 0.25) is 0 Å². The van der Waals surface area contributed by atoms with Crippen LogP contribution in [0.1, 0.15) is 25.7 Å². The van der Waals surface area contributed by atoms with Gasteiger partial charge >= 0.3 is 5.97 Å². The monoisotopic (exact) mass is 327 g/mol. The highest BCUT2D eigenvalue weighted by Crippen LogP contribution is 2.60. The van der Waals surface area contributed by atoms with Crippen LogP contribution in [0.15, 0.2) is 0 Å². The second-order valence-electron chi connectivity index (χ2n) is 6.35. The van der Waals surface area contributed by atoms with Crippen LogP contribution >= 0.6 is 15.9 Å². The Kier molecular flexibility index (Phi) is 2.70. The van der Waals surface area contributed by atoms with Crippen molar-refractivity contribution < 1.29 is 14.3 Å². The van der Waals surface area contributed by atoms with E-state index in [1.807, 2.05) is 4.90 Å². The number of hydrogen-bond donors (Lipinski definition) is 0. The lowest BCUT2D eigenvalue weighted by Crippen LogP contribution is -2.46. The molecular weight excluding hydrogens is 310 g/mol. The minimum atomic E-state index is -0.154. The number of rotatable bonds is 1. The van der Waals surface area contributed by atoms with Crippen molar-refractivity contribution in [3.05, 3.63) is 0 Å². The maximum atomic E-state index is 12.8. The van der Waals surface area contributed by atoms with Crippen molar-refractivity contribution in [2.45, 2.75) is 36.6 Å². The number of likely N-dealkylation sites (tertiary alicyclic amines) is 1. The van der Waals surface area contributed by atoms with Gasteiger partial charge in [-0.1, -0.05) is 15.9 Å². The molecule has 6 atom stereocenters. The Labute approximate surface area is 121 Å². The maximum Gasteiger partial charge on any atom is 0.310 e. The van der Waals surface area contributed by atoms with E-state index in [-0.39, 0.29) is 40.6 Å². The van der Waals surface area contributed by atoms with E-state index >= 15 is 0 Å². The molecule has 4 fully saturated rings. The molecule has 2 saturated carbocycles. The second-order valence-corrected chi connectivity index (χ2v) is 7.40. The predicted molar refractivity (Wildman–Crippen MR) is 71.6 cm³/mol. The molecule has 19 heavy (non-hydrogen) atoms. The smallest absolute Gasteiger partial charge is 0.310 e. The van der Waals surface area contributed by atoms with Gasteiger partial charge in [-0.2, -0.15) is 0 Å². The first-order valence-corrected chi connectivity index (χ1v) is 8.23. The number of amides is 1. The van der Waals surface area contributed by atoms with E-state index in [0.717, 1.165) is 32.4 Å². The number of carbonyl (C=O) groups excluding carboxylic acids is 2. The van der Waals surface area contributed by atoms with Gasteiger partial charge in [0.1, 0.15) is 6.10 Å². The molecule has 4 nitrogen and oxygen atoms in total. The predicted octanol–water partition coefficient (Wildman–Crippen LogP) is 1.57. The number of piperidine rings is 1. The molecule has 2 aliphatic carbocycles. The number of nitrogens with zero attached hydrogens (tertiary/aromatic N) is 1. The van der Waals surface area contributed by atoms with Gasteiger partial charge in [-0.25, -0.2) is 0 Å². The zero-order chi connectivity index (χ0) is 13.1. The Bertz CT molecular complexity index is 434. The van der Waals surface area contributed by atoms with Crippen molar-refractivity contribution >= 4 is 27.8 Å². The first kappa shape index (κ1) is 12.2. The number of carbonyl (C=O) groups is 2. The molecule has 0 radical (unpaired) electrons. The minimum Gasteiger partial charge on any atom is -0.461 e. The normalized spacial score (nSPS) is 47.6. The van der Waals surface area contributed by atoms with E-state index in [1.54, 1.807) is 0 Å². The molecule has 2 saturated heterocycles. The van der Waals surface area contributed by atoms with Gasteiger partial charge in [0.2, 0.25) is 5.91 Å². The highest BCUT2D eigenvalue weighted by atomic mass is 79.9. The standard InChI is InChI=1S/C14H18BrNO3/c15-11-7-6-8-10(14(18)19-12(8)11)9(7)13(17)16-4-2-1-3-5-16/h7-12H,1-6H2/t7-,8-,9-,10+,11+,12-/m0/s1. The third-order valence-electron chi connectivity index (χ3n) is 5.48. The zero-order valence-electron chi connectivity index (χ0n) is 10.8. The molecule has 0 aromatic heterocycles. The average molecular weight is 328 g/mol. The van der Waals surface area contributed by atoms with E-state index < -0.39 is 0 Å². The number of hydrogen-bond acceptors (Lipinski definition) is 3. The van der Waals surface area contributed by atoms with Crippen molar-refractivity contribution in [3.8, 4) is 0 Å². The number of halogens is 1. The van der Waals surface area contributed by atoms with E-state index in [1.165, 1.54) is 6.42 Å². The fraction of sp³-hybridized carbons (Fsp3) is 0.857. The summed E-state index contributed by atoms with van der Waals surface area (Å²) in [6, 6.07) is 0. The van der Waals surface area contributed by atoms with Gasteiger partial charge in [-0.3, -0.25) is 9.59 Å². The molecule has 0 aromatic rings. The molecule has 4 rings (SSSR count). The lowest BCUT2D eigenvalue weighted by Gasteiger charge is -2.34. The number of esters is 1. The third kappa shape index (κ3) is 1.57. The molecule has 4 aliphatic rings. The van der Waals surface area contributed by atoms with E-state index in [9.17, 15) is 9.59 Å². The summed E-state index contributed by atoms with van der Waals surface area (Å²) in [5, 5.41) is 0. The van der Waals surface area contributed by atoms with Crippen LogP contribution in [0.4, 0.5) is 0 Å². The summed E-state index contributed by atoms with van der Waals surface area (Å²) in [4.78, 5) is 26.9. The lowest BCUT2D eigenvalue weighted by atomic mass is 9.79. The highest BCUT2D eigenvalue weighted by Gasteiger charge is 2.68. The Morgan fingerprint density at radius 2 is 1.95 bits per heavy atom. The quantitative estimate of drug-likeness (QED) is 0.542. The second kappa shape index (κ2) is 4.21. The fourth-order valence-corrected chi connectivity index (χ4v) is 5.68. The van der Waals surface area contributed by atoms with Crippen LogP contribution in [0.5, 0.6) is 0 Å². The first-order chi connectivity index (χ1) is 9.18. The van der Waals surface area contributed by atoms with Crippen LogP contribution in [0, 0.1) is 23.7 Å². The molecule has 2 heterocycles. The summed E-state index contributed by atoms with van der Waals surface area (Å²) < 4.78 is 5.46. The van der Waals surface area contributed by atoms with Crippen LogP contribution in [-0.4, -0.2) is 40.8 Å². The van der Waals surface area contributed by atoms with Gasteiger partial charge < -0.3 is 9.64 Å². The van der Waals surface area contributed by atoms with Gasteiger partial charge in [0.25, 0.3) is 0 Å². The van der Waals surface area contributed by atoms with Gasteiger partial charge in [0.15, 0.2) is 0 Å². The summed E-state index contributed by atoms with van der Waals surface area (Å²) in [5.41, 5.74) is 0. The molecule has 2 aliphatic heterocycles. The number of ether oxygens (including phenoxy) is 1. The molecular formula is C14H18BrNO3. The molecule has 0 unspecified atom stereocenters. The van der Waals surface area contributed by atoms with Crippen LogP contribution < -0.4 is 0 Å². The Morgan fingerprint density at radius 1 is 1.21 bits per heavy atom. The van der Waals surface area contributed by atoms with E-state index in [2.05, 4.69) is 15.9 Å². The van der Waals surface area contributed by atoms with Crippen molar-refractivity contribution in [2.24, 2.45) is 23.7 Å². The van der Waals surface area contributed by atoms with Gasteiger partial charge in [-0.05, 0) is 31.6 Å². The van der Waals surface area contributed by atoms with Gasteiger partial charge in [0.05, 0.1) is 16.7 Å². The summed E-state index contributed by atoms with van der Waals surface area (Å²) in [6.07, 6.45) is 4.41. The summed E-state index contributed by atoms with van der Waals surface area (Å²) in [5.74, 6) is 0.368. The highest BCUT2D eigenvalue weighted by molar-refractivity contribution is 9.09. The summed E-state index contributed by atoms with van der Waals surface area (Å²) in [7, 11) is 0. The Balaban J connectivity index is 1.61. The third-order valence-corrected chi connectivity index (χ3v) is 6.68. The minimum absolute atomic E-state index is 0.0212. The van der Waals surface area contributed by atoms with Crippen LogP contribution in [0.25, 0.3) is 0 Å². The number of fused-ring (bicyclic) bond motifs is 1. The average Bonchev–Trinajstić information content (AvgIpc) is 3.03. The molecule has 0 aromatic carbocycles. The van der Waals surface area contributed by atoms with Gasteiger partial charge in [-0.15, -0.1) is 0 Å². The Morgan fingerprint density at radius 3 is 2.68 bits per heavy atom. The maximum absolute atomic E-state index is 12.8. The SMILES string of the molecule is O=C1O[C@@H]2[C@H](Br)[C@H]3C[C@H]2[C@@H]1[C@H]3C(=O)N1CCCCC1. The van der Waals surface area contributed by atoms with Crippen molar-refractivity contribution in [1.29, 1.82) is 0 Å². The fourth-order valence-electron chi connectivity index (χ4n) is 4.63. The Hall–Kier alpha value is -0.580.